The topological polar surface area (TPSA) is 9.23 Å². The van der Waals surface area contributed by atoms with Gasteiger partial charge in [-0.25, -0.2) is 0 Å². The lowest BCUT2D eigenvalue weighted by Crippen LogP contribution is -2.70. The minimum absolute atomic E-state index is 0.111. The third-order valence-corrected chi connectivity index (χ3v) is 4.05. The average Bonchev–Trinajstić information content (AvgIpc) is 2.50. The lowest BCUT2D eigenvalue weighted by atomic mass is 9.97. The number of hydrogen-bond donors (Lipinski definition) is 0. The second-order valence-corrected chi connectivity index (χ2v) is 6.10. The largest absolute Gasteiger partial charge is 0.471 e. The van der Waals surface area contributed by atoms with Gasteiger partial charge in [-0.3, -0.25) is 0 Å². The van der Waals surface area contributed by atoms with Gasteiger partial charge in [0, 0.05) is 0 Å². The Labute approximate surface area is 154 Å². The van der Waals surface area contributed by atoms with Crippen molar-refractivity contribution in [3.63, 3.8) is 0 Å². The van der Waals surface area contributed by atoms with Crippen LogP contribution in [0.1, 0.15) is 16.7 Å². The molecular weight excluding hydrogens is 443 g/mol. The molecule has 0 spiro atoms. The lowest BCUT2D eigenvalue weighted by molar-refractivity contribution is -0.456. The van der Waals surface area contributed by atoms with E-state index < -0.39 is 41.7 Å². The molecule has 0 heterocycles. The highest BCUT2D eigenvalue weighted by atomic mass is 19.4. The van der Waals surface area contributed by atoms with E-state index in [1.54, 1.807) is 0 Å². The Kier molecular flexibility index (Phi) is 5.92. The molecule has 0 fully saturated rings. The maximum atomic E-state index is 13.7. The first-order chi connectivity index (χ1) is 12.5. The van der Waals surface area contributed by atoms with E-state index in [-0.39, 0.29) is 11.1 Å². The molecule has 0 saturated carbocycles. The van der Waals surface area contributed by atoms with E-state index in [1.165, 1.54) is 20.8 Å². The standard InChI is InChI=1S/C15H11F13O/c1-6-4-9(5-7(2)8(6)3)29-15(27,28)13(22,23)11(18,19)10(16,17)12(20,21)14(24,25)26/h4-5H,1-3H3. The Hall–Kier alpha value is -1.89. The van der Waals surface area contributed by atoms with Crippen LogP contribution in [0.5, 0.6) is 5.75 Å². The Morgan fingerprint density at radius 3 is 1.24 bits per heavy atom. The van der Waals surface area contributed by atoms with Crippen molar-refractivity contribution in [3.8, 4) is 5.75 Å². The monoisotopic (exact) mass is 454 g/mol. The fourth-order valence-electron chi connectivity index (χ4n) is 2.02. The number of benzene rings is 1. The van der Waals surface area contributed by atoms with Gasteiger partial charge in [0.2, 0.25) is 0 Å². The van der Waals surface area contributed by atoms with Crippen molar-refractivity contribution in [2.75, 3.05) is 0 Å². The normalized spacial score (nSPS) is 14.9. The molecule has 29 heavy (non-hydrogen) atoms. The molecule has 0 atom stereocenters. The second kappa shape index (κ2) is 6.83. The average molecular weight is 454 g/mol. The predicted molar refractivity (Wildman–Crippen MR) is 72.1 cm³/mol. The van der Waals surface area contributed by atoms with Gasteiger partial charge in [-0.05, 0) is 49.6 Å². The summed E-state index contributed by atoms with van der Waals surface area (Å²) in [6.07, 6.45) is -14.0. The molecule has 14 heteroatoms. The van der Waals surface area contributed by atoms with Gasteiger partial charge in [0.1, 0.15) is 5.75 Å². The van der Waals surface area contributed by atoms with Gasteiger partial charge in [-0.15, -0.1) is 0 Å². The Morgan fingerprint density at radius 1 is 0.552 bits per heavy atom. The quantitative estimate of drug-likeness (QED) is 0.436. The molecule has 1 aromatic rings. The van der Waals surface area contributed by atoms with Crippen LogP contribution in [-0.4, -0.2) is 36.0 Å². The van der Waals surface area contributed by atoms with E-state index in [0.29, 0.717) is 17.7 Å². The summed E-state index contributed by atoms with van der Waals surface area (Å²) in [5.74, 6) is -32.3. The minimum Gasteiger partial charge on any atom is -0.428 e. The van der Waals surface area contributed by atoms with E-state index in [4.69, 9.17) is 0 Å². The van der Waals surface area contributed by atoms with Crippen LogP contribution in [0.4, 0.5) is 57.1 Å². The van der Waals surface area contributed by atoms with Crippen molar-refractivity contribution in [2.24, 2.45) is 0 Å². The maximum Gasteiger partial charge on any atom is 0.471 e. The first kappa shape index (κ1) is 25.1. The Bertz CT molecular complexity index is 741. The Morgan fingerprint density at radius 2 is 0.897 bits per heavy atom. The number of aryl methyl sites for hydroxylation is 2. The summed E-state index contributed by atoms with van der Waals surface area (Å²) in [6, 6.07) is 1.24. The van der Waals surface area contributed by atoms with E-state index in [9.17, 15) is 57.1 Å². The summed E-state index contributed by atoms with van der Waals surface area (Å²) >= 11 is 0. The fraction of sp³-hybridized carbons (Fsp3) is 0.600. The van der Waals surface area contributed by atoms with Crippen molar-refractivity contribution >= 4 is 0 Å². The van der Waals surface area contributed by atoms with Crippen molar-refractivity contribution in [2.45, 2.75) is 56.7 Å². The van der Waals surface area contributed by atoms with Crippen LogP contribution in [-0.2, 0) is 0 Å². The molecule has 0 aromatic heterocycles. The van der Waals surface area contributed by atoms with E-state index >= 15 is 0 Å². The molecule has 0 radical (unpaired) electrons. The number of rotatable bonds is 6. The number of ether oxygens (including phenoxy) is 1. The highest BCUT2D eigenvalue weighted by Crippen LogP contribution is 2.60. The molecule has 0 N–H and O–H groups in total. The Balaban J connectivity index is 3.46. The van der Waals surface area contributed by atoms with Crippen LogP contribution in [0.15, 0.2) is 12.1 Å². The summed E-state index contributed by atoms with van der Waals surface area (Å²) in [7, 11) is 0. The molecule has 1 rings (SSSR count). The van der Waals surface area contributed by atoms with E-state index in [2.05, 4.69) is 4.74 Å². The van der Waals surface area contributed by atoms with Gasteiger partial charge in [-0.1, -0.05) is 0 Å². The van der Waals surface area contributed by atoms with Crippen molar-refractivity contribution < 1.29 is 61.8 Å². The minimum atomic E-state index is -7.95. The predicted octanol–water partition coefficient (Wildman–Crippen LogP) is 6.69. The zero-order chi connectivity index (χ0) is 23.4. The first-order valence-electron chi connectivity index (χ1n) is 7.27. The van der Waals surface area contributed by atoms with Crippen LogP contribution in [0.2, 0.25) is 0 Å². The second-order valence-electron chi connectivity index (χ2n) is 6.10. The van der Waals surface area contributed by atoms with Crippen LogP contribution >= 0.6 is 0 Å². The van der Waals surface area contributed by atoms with E-state index in [1.807, 2.05) is 0 Å². The third kappa shape index (κ3) is 3.69. The van der Waals surface area contributed by atoms with Gasteiger partial charge in [-0.2, -0.15) is 57.1 Å². The SMILES string of the molecule is Cc1cc(OC(F)(F)C(F)(F)C(F)(F)C(F)(F)C(F)(F)C(F)(F)F)cc(C)c1C. The molecule has 0 bridgehead atoms. The molecule has 0 aliphatic rings. The van der Waals surface area contributed by atoms with Crippen LogP contribution in [0.25, 0.3) is 0 Å². The molecule has 0 saturated heterocycles. The van der Waals surface area contributed by atoms with Crippen molar-refractivity contribution in [1.82, 2.24) is 0 Å². The van der Waals surface area contributed by atoms with Crippen molar-refractivity contribution in [1.29, 1.82) is 0 Å². The third-order valence-electron chi connectivity index (χ3n) is 4.05. The highest BCUT2D eigenvalue weighted by Gasteiger charge is 2.91. The molecule has 0 aliphatic carbocycles. The summed E-state index contributed by atoms with van der Waals surface area (Å²) in [5.41, 5.74) is 0.647. The first-order valence-corrected chi connectivity index (χ1v) is 7.27. The van der Waals surface area contributed by atoms with Crippen LogP contribution in [0, 0.1) is 20.8 Å². The summed E-state index contributed by atoms with van der Waals surface area (Å²) in [6.45, 7) is 3.94. The highest BCUT2D eigenvalue weighted by molar-refractivity contribution is 5.40. The summed E-state index contributed by atoms with van der Waals surface area (Å²) in [5, 5.41) is 0. The van der Waals surface area contributed by atoms with Gasteiger partial charge in [0.15, 0.2) is 0 Å². The summed E-state index contributed by atoms with van der Waals surface area (Å²) in [4.78, 5) is 0. The molecule has 168 valence electrons. The lowest BCUT2D eigenvalue weighted by Gasteiger charge is -2.39. The van der Waals surface area contributed by atoms with E-state index in [0.717, 1.165) is 0 Å². The van der Waals surface area contributed by atoms with Gasteiger partial charge >= 0.3 is 36.0 Å². The van der Waals surface area contributed by atoms with Crippen LogP contribution < -0.4 is 4.74 Å². The fourth-order valence-corrected chi connectivity index (χ4v) is 2.02. The number of halogens is 13. The van der Waals surface area contributed by atoms with Gasteiger partial charge in [0.25, 0.3) is 0 Å². The van der Waals surface area contributed by atoms with Crippen LogP contribution in [0.3, 0.4) is 0 Å². The molecule has 0 amide bonds. The maximum absolute atomic E-state index is 13.7. The molecular formula is C15H11F13O. The summed E-state index contributed by atoms with van der Waals surface area (Å²) < 4.78 is 172. The molecule has 1 aromatic carbocycles. The number of hydrogen-bond acceptors (Lipinski definition) is 1. The molecule has 0 unspecified atom stereocenters. The van der Waals surface area contributed by atoms with Gasteiger partial charge in [0.05, 0.1) is 0 Å². The zero-order valence-electron chi connectivity index (χ0n) is 14.5. The molecule has 0 aliphatic heterocycles. The smallest absolute Gasteiger partial charge is 0.428 e. The number of alkyl halides is 13. The van der Waals surface area contributed by atoms with Crippen molar-refractivity contribution in [3.05, 3.63) is 28.8 Å². The van der Waals surface area contributed by atoms with Gasteiger partial charge < -0.3 is 4.74 Å². The zero-order valence-corrected chi connectivity index (χ0v) is 14.5. The molecule has 1 nitrogen and oxygen atoms in total.